The first-order valence-electron chi connectivity index (χ1n) is 10.6. The number of likely N-dealkylation sites (tertiary alicyclic amines) is 1. The molecule has 7 nitrogen and oxygen atoms in total. The normalized spacial score (nSPS) is 18.9. The standard InChI is InChI=1S/C23H25N3O4S/c27-22(24-15-19(20-10-6-14-30-20)25-12-2-1-3-13-25)16-26-18-9-4-7-17-8-5-11-21(23(17)18)31(26,28)29/h4-11,14,19H,1-3,12-13,15-16H2,(H,24,27). The van der Waals surface area contributed by atoms with E-state index in [0.717, 1.165) is 37.1 Å². The van der Waals surface area contributed by atoms with Crippen molar-refractivity contribution < 1.29 is 17.6 Å². The van der Waals surface area contributed by atoms with Gasteiger partial charge in [-0.15, -0.1) is 0 Å². The molecule has 2 aliphatic rings. The monoisotopic (exact) mass is 439 g/mol. The second-order valence-electron chi connectivity index (χ2n) is 8.08. The smallest absolute Gasteiger partial charge is 0.265 e. The van der Waals surface area contributed by atoms with Gasteiger partial charge in [0.25, 0.3) is 10.0 Å². The van der Waals surface area contributed by atoms with E-state index in [9.17, 15) is 13.2 Å². The first kappa shape index (κ1) is 20.1. The number of benzene rings is 2. The lowest BCUT2D eigenvalue weighted by molar-refractivity contribution is -0.119. The second kappa shape index (κ2) is 8.01. The van der Waals surface area contributed by atoms with Crippen molar-refractivity contribution in [1.29, 1.82) is 0 Å². The number of carbonyl (C=O) groups excluding carboxylic acids is 1. The molecule has 0 saturated carbocycles. The van der Waals surface area contributed by atoms with Gasteiger partial charge in [0.05, 0.1) is 22.9 Å². The molecule has 1 aromatic heterocycles. The molecule has 162 valence electrons. The Kier molecular flexibility index (Phi) is 5.19. The van der Waals surface area contributed by atoms with Gasteiger partial charge in [0.1, 0.15) is 12.3 Å². The zero-order chi connectivity index (χ0) is 21.4. The minimum absolute atomic E-state index is 0.0601. The van der Waals surface area contributed by atoms with Crippen molar-refractivity contribution in [3.05, 3.63) is 60.6 Å². The molecule has 1 N–H and O–H groups in total. The molecule has 0 spiro atoms. The van der Waals surface area contributed by atoms with Crippen LogP contribution >= 0.6 is 0 Å². The highest BCUT2D eigenvalue weighted by Crippen LogP contribution is 2.41. The van der Waals surface area contributed by atoms with Gasteiger partial charge in [0, 0.05) is 11.9 Å². The molecule has 3 aromatic rings. The van der Waals surface area contributed by atoms with Crippen molar-refractivity contribution in [1.82, 2.24) is 10.2 Å². The SMILES string of the molecule is O=C(CN1c2cccc3cccc(c23)S1(=O)=O)NCC(c1ccco1)N1CCCCC1. The minimum atomic E-state index is -3.75. The van der Waals surface area contributed by atoms with Crippen LogP contribution < -0.4 is 9.62 Å². The van der Waals surface area contributed by atoms with Gasteiger partial charge < -0.3 is 9.73 Å². The first-order chi connectivity index (χ1) is 15.1. The predicted molar refractivity (Wildman–Crippen MR) is 118 cm³/mol. The minimum Gasteiger partial charge on any atom is -0.468 e. The van der Waals surface area contributed by atoms with Gasteiger partial charge in [0.15, 0.2) is 0 Å². The fourth-order valence-corrected chi connectivity index (χ4v) is 6.31. The first-order valence-corrected chi connectivity index (χ1v) is 12.1. The molecule has 5 rings (SSSR count). The van der Waals surface area contributed by atoms with Gasteiger partial charge in [-0.3, -0.25) is 14.0 Å². The van der Waals surface area contributed by atoms with Crippen molar-refractivity contribution in [2.75, 3.05) is 30.5 Å². The van der Waals surface area contributed by atoms with Crippen LogP contribution in [0.25, 0.3) is 10.8 Å². The summed E-state index contributed by atoms with van der Waals surface area (Å²) in [5.41, 5.74) is 0.557. The molecule has 1 fully saturated rings. The number of anilines is 1. The van der Waals surface area contributed by atoms with Gasteiger partial charge in [-0.2, -0.15) is 0 Å². The fourth-order valence-electron chi connectivity index (χ4n) is 4.65. The number of sulfonamides is 1. The van der Waals surface area contributed by atoms with E-state index in [4.69, 9.17) is 4.42 Å². The largest absolute Gasteiger partial charge is 0.468 e. The third-order valence-corrected chi connectivity index (χ3v) is 7.97. The van der Waals surface area contributed by atoms with Crippen LogP contribution in [0, 0.1) is 0 Å². The third-order valence-electron chi connectivity index (χ3n) is 6.16. The van der Waals surface area contributed by atoms with Crippen LogP contribution in [-0.4, -0.2) is 45.4 Å². The van der Waals surface area contributed by atoms with Crippen LogP contribution in [0.4, 0.5) is 5.69 Å². The molecule has 1 atom stereocenters. The van der Waals surface area contributed by atoms with E-state index in [0.29, 0.717) is 17.6 Å². The number of nitrogens with one attached hydrogen (secondary N) is 1. The molecule has 1 unspecified atom stereocenters. The summed E-state index contributed by atoms with van der Waals surface area (Å²) in [7, 11) is -3.75. The summed E-state index contributed by atoms with van der Waals surface area (Å²) in [5, 5.41) is 4.48. The lowest BCUT2D eigenvalue weighted by atomic mass is 10.1. The van der Waals surface area contributed by atoms with E-state index in [-0.39, 0.29) is 23.4 Å². The highest BCUT2D eigenvalue weighted by Gasteiger charge is 2.36. The number of amides is 1. The van der Waals surface area contributed by atoms with Gasteiger partial charge in [-0.25, -0.2) is 8.42 Å². The average molecular weight is 440 g/mol. The van der Waals surface area contributed by atoms with E-state index < -0.39 is 10.0 Å². The molecule has 31 heavy (non-hydrogen) atoms. The van der Waals surface area contributed by atoms with Crippen molar-refractivity contribution in [3.63, 3.8) is 0 Å². The molecule has 8 heteroatoms. The third kappa shape index (κ3) is 3.59. The van der Waals surface area contributed by atoms with Gasteiger partial charge >= 0.3 is 0 Å². The number of hydrogen-bond donors (Lipinski definition) is 1. The van der Waals surface area contributed by atoms with E-state index in [2.05, 4.69) is 10.2 Å². The Morgan fingerprint density at radius 2 is 1.81 bits per heavy atom. The van der Waals surface area contributed by atoms with Crippen molar-refractivity contribution in [2.45, 2.75) is 30.2 Å². The van der Waals surface area contributed by atoms with E-state index in [1.807, 2.05) is 30.3 Å². The zero-order valence-electron chi connectivity index (χ0n) is 17.2. The van der Waals surface area contributed by atoms with Gasteiger partial charge in [-0.05, 0) is 55.6 Å². The molecule has 2 aliphatic heterocycles. The molecular formula is C23H25N3O4S. The lowest BCUT2D eigenvalue weighted by Crippen LogP contribution is -2.44. The lowest BCUT2D eigenvalue weighted by Gasteiger charge is -2.33. The van der Waals surface area contributed by atoms with Gasteiger partial charge in [-0.1, -0.05) is 30.7 Å². The molecule has 3 heterocycles. The van der Waals surface area contributed by atoms with Gasteiger partial charge in [0.2, 0.25) is 5.91 Å². The molecule has 0 bridgehead atoms. The number of carbonyl (C=O) groups is 1. The van der Waals surface area contributed by atoms with E-state index in [1.54, 1.807) is 24.5 Å². The number of nitrogens with zero attached hydrogens (tertiary/aromatic N) is 2. The molecule has 2 aromatic carbocycles. The summed E-state index contributed by atoms with van der Waals surface area (Å²) in [4.78, 5) is 15.4. The van der Waals surface area contributed by atoms with Crippen molar-refractivity contribution in [2.24, 2.45) is 0 Å². The quantitative estimate of drug-likeness (QED) is 0.637. The van der Waals surface area contributed by atoms with Crippen LogP contribution in [0.1, 0.15) is 31.1 Å². The molecular weight excluding hydrogens is 414 g/mol. The maximum Gasteiger partial charge on any atom is 0.265 e. The van der Waals surface area contributed by atoms with Crippen molar-refractivity contribution in [3.8, 4) is 0 Å². The summed E-state index contributed by atoms with van der Waals surface area (Å²) in [5.74, 6) is 0.482. The Bertz CT molecular complexity index is 1200. The zero-order valence-corrected chi connectivity index (χ0v) is 18.0. The second-order valence-corrected chi connectivity index (χ2v) is 9.91. The Morgan fingerprint density at radius 1 is 1.03 bits per heavy atom. The summed E-state index contributed by atoms with van der Waals surface area (Å²) in [6.07, 6.45) is 5.11. The van der Waals surface area contributed by atoms with Crippen LogP contribution in [0.3, 0.4) is 0 Å². The highest BCUT2D eigenvalue weighted by molar-refractivity contribution is 7.93. The maximum atomic E-state index is 13.1. The van der Waals surface area contributed by atoms with Crippen molar-refractivity contribution >= 4 is 32.4 Å². The molecule has 1 amide bonds. The molecule has 1 saturated heterocycles. The van der Waals surface area contributed by atoms with Crippen LogP contribution in [0.5, 0.6) is 0 Å². The summed E-state index contributed by atoms with van der Waals surface area (Å²) < 4.78 is 33.0. The topological polar surface area (TPSA) is 82.9 Å². The summed E-state index contributed by atoms with van der Waals surface area (Å²) in [6, 6.07) is 14.4. The summed E-state index contributed by atoms with van der Waals surface area (Å²) in [6.45, 7) is 2.04. The Morgan fingerprint density at radius 3 is 2.55 bits per heavy atom. The van der Waals surface area contributed by atoms with E-state index >= 15 is 0 Å². The van der Waals surface area contributed by atoms with E-state index in [1.165, 1.54) is 10.7 Å². The van der Waals surface area contributed by atoms with Crippen LogP contribution in [-0.2, 0) is 14.8 Å². The number of rotatable bonds is 6. The number of piperidine rings is 1. The van der Waals surface area contributed by atoms with Crippen LogP contribution in [0.15, 0.2) is 64.1 Å². The Hall–Kier alpha value is -2.84. The maximum absolute atomic E-state index is 13.1. The highest BCUT2D eigenvalue weighted by atomic mass is 32.2. The van der Waals surface area contributed by atoms with Crippen LogP contribution in [0.2, 0.25) is 0 Å². The molecule has 0 radical (unpaired) electrons. The Labute approximate surface area is 181 Å². The summed E-state index contributed by atoms with van der Waals surface area (Å²) >= 11 is 0. The fraction of sp³-hybridized carbons (Fsp3) is 0.348. The predicted octanol–water partition coefficient (Wildman–Crippen LogP) is 3.28. The molecule has 0 aliphatic carbocycles. The average Bonchev–Trinajstić information content (AvgIpc) is 3.38. The number of hydrogen-bond acceptors (Lipinski definition) is 5. The Balaban J connectivity index is 1.33. The number of furan rings is 1.